The Morgan fingerprint density at radius 1 is 1.31 bits per heavy atom. The zero-order valence-corrected chi connectivity index (χ0v) is 9.11. The molecule has 5 heteroatoms. The van der Waals surface area contributed by atoms with Crippen molar-refractivity contribution in [2.75, 3.05) is 26.3 Å². The maximum atomic E-state index is 11.8. The van der Waals surface area contributed by atoms with Crippen molar-refractivity contribution in [2.24, 2.45) is 5.92 Å². The molecule has 0 aromatic carbocycles. The van der Waals surface area contributed by atoms with Crippen LogP contribution in [0.2, 0.25) is 0 Å². The second-order valence-electron chi connectivity index (χ2n) is 4.22. The number of amides is 1. The van der Waals surface area contributed by atoms with Crippen LogP contribution >= 0.6 is 0 Å². The van der Waals surface area contributed by atoms with Gasteiger partial charge in [0.05, 0.1) is 13.2 Å². The van der Waals surface area contributed by atoms with Gasteiger partial charge in [-0.05, 0) is 6.42 Å². The number of hydrogen-bond acceptors (Lipinski definition) is 4. The molecule has 1 aliphatic carbocycles. The molecule has 0 N–H and O–H groups in total. The van der Waals surface area contributed by atoms with Gasteiger partial charge in [0.2, 0.25) is 11.7 Å². The summed E-state index contributed by atoms with van der Waals surface area (Å²) in [6.07, 6.45) is 1.03. The lowest BCUT2D eigenvalue weighted by Crippen LogP contribution is -2.41. The molecule has 0 aromatic rings. The van der Waals surface area contributed by atoms with Gasteiger partial charge in [0, 0.05) is 31.8 Å². The molecule has 2 rings (SSSR count). The van der Waals surface area contributed by atoms with E-state index in [1.807, 2.05) is 0 Å². The summed E-state index contributed by atoms with van der Waals surface area (Å²) < 4.78 is 5.14. The number of carbonyl (C=O) groups excluding carboxylic acids is 3. The van der Waals surface area contributed by atoms with Gasteiger partial charge < -0.3 is 9.64 Å². The largest absolute Gasteiger partial charge is 0.378 e. The van der Waals surface area contributed by atoms with Crippen LogP contribution in [-0.2, 0) is 19.1 Å². The topological polar surface area (TPSA) is 63.7 Å². The van der Waals surface area contributed by atoms with E-state index < -0.39 is 0 Å². The van der Waals surface area contributed by atoms with Crippen molar-refractivity contribution in [3.63, 3.8) is 0 Å². The lowest BCUT2D eigenvalue weighted by Gasteiger charge is -2.27. The Labute approximate surface area is 93.7 Å². The minimum absolute atomic E-state index is 0.0312. The average Bonchev–Trinajstić information content (AvgIpc) is 2.62. The molecule has 2 aliphatic rings. The Balaban J connectivity index is 1.87. The first kappa shape index (κ1) is 11.3. The monoisotopic (exact) mass is 225 g/mol. The molecule has 1 saturated carbocycles. The highest BCUT2D eigenvalue weighted by Crippen LogP contribution is 2.22. The molecule has 88 valence electrons. The molecule has 5 nitrogen and oxygen atoms in total. The fourth-order valence-corrected chi connectivity index (χ4v) is 2.13. The highest BCUT2D eigenvalue weighted by molar-refractivity contribution is 6.40. The molecule has 1 amide bonds. The third-order valence-corrected chi connectivity index (χ3v) is 3.15. The summed E-state index contributed by atoms with van der Waals surface area (Å²) in [6, 6.07) is 0. The van der Waals surface area contributed by atoms with Crippen molar-refractivity contribution >= 4 is 17.5 Å². The fraction of sp³-hybridized carbons (Fsp3) is 0.727. The number of morpholine rings is 1. The Kier molecular flexibility index (Phi) is 3.33. The molecule has 1 atom stereocenters. The summed E-state index contributed by atoms with van der Waals surface area (Å²) in [5.41, 5.74) is 0. The number of rotatable bonds is 2. The number of hydrogen-bond donors (Lipinski definition) is 0. The highest BCUT2D eigenvalue weighted by Gasteiger charge is 2.34. The van der Waals surface area contributed by atoms with Gasteiger partial charge in [-0.15, -0.1) is 0 Å². The lowest BCUT2D eigenvalue weighted by molar-refractivity contribution is -0.140. The summed E-state index contributed by atoms with van der Waals surface area (Å²) in [6.45, 7) is 2.30. The van der Waals surface area contributed by atoms with E-state index >= 15 is 0 Å². The SMILES string of the molecule is O=C1CCC(CC(=O)N2CCOCC2)C1=O. The number of nitrogens with zero attached hydrogens (tertiary/aromatic N) is 1. The number of ketones is 2. The highest BCUT2D eigenvalue weighted by atomic mass is 16.5. The van der Waals surface area contributed by atoms with Crippen molar-refractivity contribution in [1.29, 1.82) is 0 Å². The first-order chi connectivity index (χ1) is 7.68. The molecule has 1 aliphatic heterocycles. The van der Waals surface area contributed by atoms with Gasteiger partial charge in [-0.3, -0.25) is 14.4 Å². The molecule has 1 unspecified atom stereocenters. The van der Waals surface area contributed by atoms with Crippen LogP contribution in [0.5, 0.6) is 0 Å². The second-order valence-corrected chi connectivity index (χ2v) is 4.22. The minimum atomic E-state index is -0.372. The van der Waals surface area contributed by atoms with E-state index in [-0.39, 0.29) is 29.8 Å². The van der Waals surface area contributed by atoms with Crippen LogP contribution in [0.4, 0.5) is 0 Å². The van der Waals surface area contributed by atoms with Crippen molar-refractivity contribution in [2.45, 2.75) is 19.3 Å². The Bertz CT molecular complexity index is 320. The van der Waals surface area contributed by atoms with Crippen LogP contribution < -0.4 is 0 Å². The number of carbonyl (C=O) groups is 3. The van der Waals surface area contributed by atoms with E-state index in [1.165, 1.54) is 0 Å². The van der Waals surface area contributed by atoms with E-state index in [4.69, 9.17) is 4.74 Å². The molecule has 0 spiro atoms. The lowest BCUT2D eigenvalue weighted by atomic mass is 10.0. The average molecular weight is 225 g/mol. The van der Waals surface area contributed by atoms with Crippen LogP contribution in [-0.4, -0.2) is 48.7 Å². The Morgan fingerprint density at radius 2 is 2.00 bits per heavy atom. The van der Waals surface area contributed by atoms with Crippen molar-refractivity contribution in [3.8, 4) is 0 Å². The first-order valence-electron chi connectivity index (χ1n) is 5.61. The normalized spacial score (nSPS) is 26.2. The zero-order valence-electron chi connectivity index (χ0n) is 9.11. The smallest absolute Gasteiger partial charge is 0.223 e. The summed E-state index contributed by atoms with van der Waals surface area (Å²) in [5.74, 6) is -1.08. The minimum Gasteiger partial charge on any atom is -0.378 e. The zero-order chi connectivity index (χ0) is 11.5. The summed E-state index contributed by atoms with van der Waals surface area (Å²) in [7, 11) is 0. The number of ether oxygens (including phenoxy) is 1. The van der Waals surface area contributed by atoms with E-state index in [0.717, 1.165) is 0 Å². The van der Waals surface area contributed by atoms with Gasteiger partial charge in [0.1, 0.15) is 0 Å². The molecular formula is C11H15NO4. The maximum absolute atomic E-state index is 11.8. The van der Waals surface area contributed by atoms with Crippen LogP contribution in [0, 0.1) is 5.92 Å². The Morgan fingerprint density at radius 3 is 2.56 bits per heavy atom. The van der Waals surface area contributed by atoms with E-state index in [9.17, 15) is 14.4 Å². The van der Waals surface area contributed by atoms with Crippen LogP contribution in [0.15, 0.2) is 0 Å². The standard InChI is InChI=1S/C11H15NO4/c13-9-2-1-8(11(9)15)7-10(14)12-3-5-16-6-4-12/h8H,1-7H2. The predicted octanol–water partition coefficient (Wildman–Crippen LogP) is -0.217. The molecular weight excluding hydrogens is 210 g/mol. The van der Waals surface area contributed by atoms with Gasteiger partial charge in [0.15, 0.2) is 5.78 Å². The van der Waals surface area contributed by atoms with E-state index in [0.29, 0.717) is 39.1 Å². The van der Waals surface area contributed by atoms with Crippen molar-refractivity contribution in [3.05, 3.63) is 0 Å². The Hall–Kier alpha value is -1.23. The fourth-order valence-electron chi connectivity index (χ4n) is 2.13. The van der Waals surface area contributed by atoms with E-state index in [1.54, 1.807) is 4.90 Å². The van der Waals surface area contributed by atoms with Crippen molar-refractivity contribution in [1.82, 2.24) is 4.90 Å². The predicted molar refractivity (Wildman–Crippen MR) is 54.8 cm³/mol. The molecule has 16 heavy (non-hydrogen) atoms. The molecule has 0 aromatic heterocycles. The van der Waals surface area contributed by atoms with Crippen molar-refractivity contribution < 1.29 is 19.1 Å². The molecule has 1 heterocycles. The maximum Gasteiger partial charge on any atom is 0.223 e. The van der Waals surface area contributed by atoms with Crippen LogP contribution in [0.3, 0.4) is 0 Å². The molecule has 1 saturated heterocycles. The molecule has 2 fully saturated rings. The van der Waals surface area contributed by atoms with E-state index in [2.05, 4.69) is 0 Å². The molecule has 0 radical (unpaired) electrons. The van der Waals surface area contributed by atoms with Gasteiger partial charge in [0.25, 0.3) is 0 Å². The van der Waals surface area contributed by atoms with Gasteiger partial charge in [-0.1, -0.05) is 0 Å². The van der Waals surface area contributed by atoms with Gasteiger partial charge >= 0.3 is 0 Å². The van der Waals surface area contributed by atoms with Gasteiger partial charge in [-0.2, -0.15) is 0 Å². The molecule has 0 bridgehead atoms. The van der Waals surface area contributed by atoms with Gasteiger partial charge in [-0.25, -0.2) is 0 Å². The summed E-state index contributed by atoms with van der Waals surface area (Å²) in [4.78, 5) is 35.9. The third-order valence-electron chi connectivity index (χ3n) is 3.15. The second kappa shape index (κ2) is 4.74. The van der Waals surface area contributed by atoms with Crippen LogP contribution in [0.1, 0.15) is 19.3 Å². The number of Topliss-reactive ketones (excluding diaryl/α,β-unsaturated/α-hetero) is 2. The first-order valence-corrected chi connectivity index (χ1v) is 5.61. The third kappa shape index (κ3) is 2.29. The quantitative estimate of drug-likeness (QED) is 0.610. The van der Waals surface area contributed by atoms with Crippen LogP contribution in [0.25, 0.3) is 0 Å². The summed E-state index contributed by atoms with van der Waals surface area (Å²) in [5, 5.41) is 0. The summed E-state index contributed by atoms with van der Waals surface area (Å²) >= 11 is 0.